The molecule has 12 heteroatoms. The number of aryl methyl sites for hydroxylation is 1. The van der Waals surface area contributed by atoms with E-state index < -0.39 is 22.7 Å². The molecule has 3 heterocycles. The number of aromatic nitrogens is 3. The third kappa shape index (κ3) is 5.74. The minimum atomic E-state index is -4.56. The van der Waals surface area contributed by atoms with Gasteiger partial charge in [0.15, 0.2) is 5.01 Å². The second-order valence-corrected chi connectivity index (χ2v) is 10.2. The zero-order chi connectivity index (χ0) is 23.6. The van der Waals surface area contributed by atoms with Gasteiger partial charge in [0.25, 0.3) is 5.91 Å². The number of rotatable bonds is 4. The number of anilines is 2. The predicted octanol–water partition coefficient (Wildman–Crippen LogP) is 4.27. The van der Waals surface area contributed by atoms with E-state index in [2.05, 4.69) is 20.3 Å². The molecule has 1 fully saturated rings. The van der Waals surface area contributed by atoms with E-state index in [1.807, 2.05) is 13.0 Å². The summed E-state index contributed by atoms with van der Waals surface area (Å²) in [5.74, 6) is 0.712. The first kappa shape index (κ1) is 23.3. The van der Waals surface area contributed by atoms with Crippen LogP contribution in [0.4, 0.5) is 24.8 Å². The molecule has 2 aromatic heterocycles. The molecule has 3 aromatic rings. The summed E-state index contributed by atoms with van der Waals surface area (Å²) < 4.78 is 50.5. The standard InChI is InChI=1S/C21H20F3N5O2S2/c1-13-9-14(11-15(10-13)27-20-25-4-3-17(28-20)21(22,23)24)16-12-26-18(32-16)19(30)29-5-2-7-33(31)8-6-29/h3-4,9-12H,2,5-8H2,1H3,(H,25,27,28). The highest BCUT2D eigenvalue weighted by Crippen LogP contribution is 2.32. The van der Waals surface area contributed by atoms with E-state index in [1.165, 1.54) is 11.3 Å². The highest BCUT2D eigenvalue weighted by molar-refractivity contribution is 7.85. The summed E-state index contributed by atoms with van der Waals surface area (Å²) in [6.45, 7) is 2.84. The van der Waals surface area contributed by atoms with Crippen molar-refractivity contribution < 1.29 is 22.2 Å². The zero-order valence-corrected chi connectivity index (χ0v) is 19.2. The minimum absolute atomic E-state index is 0.167. The van der Waals surface area contributed by atoms with Crippen LogP contribution in [0, 0.1) is 6.92 Å². The van der Waals surface area contributed by atoms with Gasteiger partial charge in [0.05, 0.1) is 4.88 Å². The quantitative estimate of drug-likeness (QED) is 0.582. The van der Waals surface area contributed by atoms with Crippen molar-refractivity contribution in [2.75, 3.05) is 29.9 Å². The van der Waals surface area contributed by atoms with E-state index in [9.17, 15) is 22.2 Å². The second-order valence-electron chi connectivity index (χ2n) is 7.50. The lowest BCUT2D eigenvalue weighted by Gasteiger charge is -2.17. The Bertz CT molecular complexity index is 1200. The summed E-state index contributed by atoms with van der Waals surface area (Å²) in [7, 11) is -0.895. The third-order valence-corrected chi connectivity index (χ3v) is 7.35. The van der Waals surface area contributed by atoms with Crippen molar-refractivity contribution in [3.63, 3.8) is 0 Å². The maximum Gasteiger partial charge on any atom is 0.433 e. The van der Waals surface area contributed by atoms with E-state index in [-0.39, 0.29) is 11.9 Å². The normalized spacial score (nSPS) is 17.0. The van der Waals surface area contributed by atoms with Crippen molar-refractivity contribution in [1.29, 1.82) is 0 Å². The Kier molecular flexibility index (Phi) is 6.75. The first-order valence-electron chi connectivity index (χ1n) is 10.1. The van der Waals surface area contributed by atoms with Gasteiger partial charge in [-0.05, 0) is 42.7 Å². The van der Waals surface area contributed by atoms with Gasteiger partial charge < -0.3 is 10.2 Å². The average Bonchev–Trinajstić information content (AvgIpc) is 3.15. The molecule has 1 aromatic carbocycles. The maximum atomic E-state index is 12.9. The SMILES string of the molecule is Cc1cc(Nc2nccc(C(F)(F)F)n2)cc(-c2cnc(C(=O)N3CCCS(=O)CC3)s2)c1. The number of halogens is 3. The molecule has 0 bridgehead atoms. The largest absolute Gasteiger partial charge is 0.433 e. The fourth-order valence-corrected chi connectivity index (χ4v) is 5.34. The van der Waals surface area contributed by atoms with Gasteiger partial charge in [-0.1, -0.05) is 6.07 Å². The minimum Gasteiger partial charge on any atom is -0.336 e. The van der Waals surface area contributed by atoms with Crippen LogP contribution in [-0.2, 0) is 17.0 Å². The molecule has 1 amide bonds. The zero-order valence-electron chi connectivity index (χ0n) is 17.6. The monoisotopic (exact) mass is 495 g/mol. The molecule has 4 rings (SSSR count). The average molecular weight is 496 g/mol. The number of carbonyl (C=O) groups is 1. The number of amides is 1. The molecule has 0 saturated carbocycles. The molecular formula is C21H20F3N5O2S2. The van der Waals surface area contributed by atoms with Gasteiger partial charge in [0.1, 0.15) is 5.69 Å². The van der Waals surface area contributed by atoms with Crippen molar-refractivity contribution in [2.45, 2.75) is 19.5 Å². The van der Waals surface area contributed by atoms with Crippen LogP contribution < -0.4 is 5.32 Å². The number of carbonyl (C=O) groups excluding carboxylic acids is 1. The van der Waals surface area contributed by atoms with Crippen LogP contribution in [0.15, 0.2) is 36.7 Å². The van der Waals surface area contributed by atoms with Crippen LogP contribution in [0.3, 0.4) is 0 Å². The number of nitrogens with zero attached hydrogens (tertiary/aromatic N) is 4. The Morgan fingerprint density at radius 1 is 1.18 bits per heavy atom. The number of thiazole rings is 1. The summed E-state index contributed by atoms with van der Waals surface area (Å²) in [4.78, 5) is 27.0. The molecule has 174 valence electrons. The predicted molar refractivity (Wildman–Crippen MR) is 121 cm³/mol. The molecule has 1 saturated heterocycles. The van der Waals surface area contributed by atoms with Crippen LogP contribution >= 0.6 is 11.3 Å². The summed E-state index contributed by atoms with van der Waals surface area (Å²) in [6.07, 6.45) is -1.21. The number of hydrogen-bond donors (Lipinski definition) is 1. The lowest BCUT2D eigenvalue weighted by Crippen LogP contribution is -2.33. The smallest absolute Gasteiger partial charge is 0.336 e. The van der Waals surface area contributed by atoms with Gasteiger partial charge in [-0.2, -0.15) is 13.2 Å². The van der Waals surface area contributed by atoms with Crippen LogP contribution in [0.1, 0.15) is 27.5 Å². The summed E-state index contributed by atoms with van der Waals surface area (Å²) in [6, 6.07) is 6.21. The Balaban J connectivity index is 1.54. The first-order valence-corrected chi connectivity index (χ1v) is 12.4. The molecule has 7 nitrogen and oxygen atoms in total. The van der Waals surface area contributed by atoms with Gasteiger partial charge >= 0.3 is 6.18 Å². The van der Waals surface area contributed by atoms with E-state index in [4.69, 9.17) is 0 Å². The molecule has 0 spiro atoms. The summed E-state index contributed by atoms with van der Waals surface area (Å²) >= 11 is 1.24. The van der Waals surface area contributed by atoms with Gasteiger partial charge in [0.2, 0.25) is 5.95 Å². The van der Waals surface area contributed by atoms with Gasteiger partial charge in [-0.25, -0.2) is 15.0 Å². The van der Waals surface area contributed by atoms with Crippen molar-refractivity contribution in [3.05, 3.63) is 52.9 Å². The lowest BCUT2D eigenvalue weighted by molar-refractivity contribution is -0.141. The van der Waals surface area contributed by atoms with Gasteiger partial charge in [0, 0.05) is 53.5 Å². The summed E-state index contributed by atoms with van der Waals surface area (Å²) in [5.41, 5.74) is 1.10. The van der Waals surface area contributed by atoms with Crippen LogP contribution in [0.25, 0.3) is 10.4 Å². The van der Waals surface area contributed by atoms with Gasteiger partial charge in [-0.3, -0.25) is 9.00 Å². The molecule has 0 radical (unpaired) electrons. The Morgan fingerprint density at radius 2 is 2.00 bits per heavy atom. The molecule has 1 N–H and O–H groups in total. The fraction of sp³-hybridized carbons (Fsp3) is 0.333. The number of alkyl halides is 3. The maximum absolute atomic E-state index is 12.9. The highest BCUT2D eigenvalue weighted by Gasteiger charge is 2.32. The van der Waals surface area contributed by atoms with Crippen LogP contribution in [0.2, 0.25) is 0 Å². The number of benzene rings is 1. The number of nitrogens with one attached hydrogen (secondary N) is 1. The molecule has 33 heavy (non-hydrogen) atoms. The molecule has 1 aliphatic rings. The second kappa shape index (κ2) is 9.56. The van der Waals surface area contributed by atoms with Gasteiger partial charge in [-0.15, -0.1) is 11.3 Å². The van der Waals surface area contributed by atoms with Crippen molar-refractivity contribution >= 4 is 39.7 Å². The molecule has 1 unspecified atom stereocenters. The van der Waals surface area contributed by atoms with E-state index in [0.717, 1.165) is 28.3 Å². The molecule has 1 atom stereocenters. The topological polar surface area (TPSA) is 88.1 Å². The fourth-order valence-electron chi connectivity index (χ4n) is 3.39. The Morgan fingerprint density at radius 3 is 2.79 bits per heavy atom. The summed E-state index contributed by atoms with van der Waals surface area (Å²) in [5, 5.41) is 3.16. The number of hydrogen-bond acceptors (Lipinski definition) is 7. The Hall–Kier alpha value is -2.86. The van der Waals surface area contributed by atoms with E-state index >= 15 is 0 Å². The van der Waals surface area contributed by atoms with Crippen molar-refractivity contribution in [3.8, 4) is 10.4 Å². The van der Waals surface area contributed by atoms with E-state index in [0.29, 0.717) is 41.7 Å². The lowest BCUT2D eigenvalue weighted by atomic mass is 10.1. The first-order chi connectivity index (χ1) is 15.7. The van der Waals surface area contributed by atoms with E-state index in [1.54, 1.807) is 23.2 Å². The molecule has 0 aliphatic carbocycles. The Labute approximate surface area is 194 Å². The van der Waals surface area contributed by atoms with Crippen LogP contribution in [0.5, 0.6) is 0 Å². The van der Waals surface area contributed by atoms with Crippen molar-refractivity contribution in [2.24, 2.45) is 0 Å². The van der Waals surface area contributed by atoms with Crippen molar-refractivity contribution in [1.82, 2.24) is 19.9 Å². The third-order valence-electron chi connectivity index (χ3n) is 4.93. The highest BCUT2D eigenvalue weighted by atomic mass is 32.2. The molecule has 1 aliphatic heterocycles. The van der Waals surface area contributed by atoms with Crippen LogP contribution in [-0.4, -0.2) is 54.6 Å². The molecular weight excluding hydrogens is 475 g/mol.